The molecule has 2 unspecified atom stereocenters. The quantitative estimate of drug-likeness (QED) is 0.696. The normalized spacial score (nSPS) is 33.0. The standard InChI is InChI=1S/C21H26N4O2S/c26-19(25-18-14-7-13-8-15(18)11-21(27,9-13)10-14)17-12-28-20(24-17)23-6-4-16-3-1-2-5-22-16/h1-3,5,12-15,18,27H,4,6-11H2,(H,23,24)(H,25,26). The van der Waals surface area contributed by atoms with E-state index in [9.17, 15) is 9.90 Å². The molecule has 148 valence electrons. The molecule has 4 saturated carbocycles. The first-order valence-corrected chi connectivity index (χ1v) is 11.1. The van der Waals surface area contributed by atoms with Crippen LogP contribution >= 0.6 is 11.3 Å². The van der Waals surface area contributed by atoms with Gasteiger partial charge in [0.2, 0.25) is 0 Å². The number of aliphatic hydroxyl groups is 1. The third-order valence-corrected chi connectivity index (χ3v) is 7.46. The van der Waals surface area contributed by atoms with Crippen LogP contribution in [0.3, 0.4) is 0 Å². The van der Waals surface area contributed by atoms with Gasteiger partial charge in [0.25, 0.3) is 5.91 Å². The van der Waals surface area contributed by atoms with Gasteiger partial charge in [-0.25, -0.2) is 4.98 Å². The molecule has 4 fully saturated rings. The summed E-state index contributed by atoms with van der Waals surface area (Å²) in [4.78, 5) is 21.5. The molecule has 2 aromatic heterocycles. The second kappa shape index (κ2) is 7.12. The highest BCUT2D eigenvalue weighted by molar-refractivity contribution is 7.13. The first kappa shape index (κ1) is 18.1. The molecule has 4 aliphatic carbocycles. The lowest BCUT2D eigenvalue weighted by molar-refractivity contribution is -0.136. The van der Waals surface area contributed by atoms with Gasteiger partial charge in [0.05, 0.1) is 5.60 Å². The molecule has 0 radical (unpaired) electrons. The first-order chi connectivity index (χ1) is 13.6. The number of anilines is 1. The van der Waals surface area contributed by atoms with Crippen molar-refractivity contribution < 1.29 is 9.90 Å². The van der Waals surface area contributed by atoms with Gasteiger partial charge in [0, 0.05) is 36.3 Å². The second-order valence-corrected chi connectivity index (χ2v) is 9.59. The van der Waals surface area contributed by atoms with Crippen LogP contribution in [0.4, 0.5) is 5.13 Å². The van der Waals surface area contributed by atoms with Gasteiger partial charge in [-0.05, 0) is 62.0 Å². The number of aromatic nitrogens is 2. The molecule has 6 nitrogen and oxygen atoms in total. The van der Waals surface area contributed by atoms with Crippen molar-refractivity contribution in [2.45, 2.75) is 50.2 Å². The van der Waals surface area contributed by atoms with E-state index >= 15 is 0 Å². The summed E-state index contributed by atoms with van der Waals surface area (Å²) in [5, 5.41) is 19.8. The number of nitrogens with zero attached hydrogens (tertiary/aromatic N) is 2. The van der Waals surface area contributed by atoms with E-state index in [4.69, 9.17) is 0 Å². The Morgan fingerprint density at radius 2 is 2.07 bits per heavy atom. The number of carbonyl (C=O) groups is 1. The van der Waals surface area contributed by atoms with Crippen LogP contribution in [0.5, 0.6) is 0 Å². The summed E-state index contributed by atoms with van der Waals surface area (Å²) < 4.78 is 0. The monoisotopic (exact) mass is 398 g/mol. The molecule has 6 rings (SSSR count). The molecular weight excluding hydrogens is 372 g/mol. The highest BCUT2D eigenvalue weighted by Gasteiger charge is 2.55. The molecule has 0 aromatic carbocycles. The van der Waals surface area contributed by atoms with Crippen LogP contribution in [0.2, 0.25) is 0 Å². The van der Waals surface area contributed by atoms with Crippen molar-refractivity contribution in [2.75, 3.05) is 11.9 Å². The van der Waals surface area contributed by atoms with Crippen molar-refractivity contribution in [1.82, 2.24) is 15.3 Å². The van der Waals surface area contributed by atoms with E-state index < -0.39 is 5.60 Å². The van der Waals surface area contributed by atoms with Crippen molar-refractivity contribution >= 4 is 22.4 Å². The predicted octanol–water partition coefficient (Wildman–Crippen LogP) is 2.86. The van der Waals surface area contributed by atoms with E-state index in [1.165, 1.54) is 11.3 Å². The molecule has 4 aliphatic rings. The number of rotatable bonds is 6. The van der Waals surface area contributed by atoms with Gasteiger partial charge in [-0.1, -0.05) is 6.07 Å². The Balaban J connectivity index is 1.17. The summed E-state index contributed by atoms with van der Waals surface area (Å²) in [5.74, 6) is 1.38. The number of carbonyl (C=O) groups excluding carboxylic acids is 1. The number of pyridine rings is 1. The van der Waals surface area contributed by atoms with E-state index in [1.54, 1.807) is 6.20 Å². The largest absolute Gasteiger partial charge is 0.390 e. The van der Waals surface area contributed by atoms with Gasteiger partial charge in [-0.15, -0.1) is 11.3 Å². The molecular formula is C21H26N4O2S. The summed E-state index contributed by atoms with van der Waals surface area (Å²) in [5.41, 5.74) is 1.05. The van der Waals surface area contributed by atoms with Gasteiger partial charge >= 0.3 is 0 Å². The molecule has 0 saturated heterocycles. The van der Waals surface area contributed by atoms with Crippen LogP contribution in [0, 0.1) is 17.8 Å². The summed E-state index contributed by atoms with van der Waals surface area (Å²) in [6.45, 7) is 0.734. The number of hydrogen-bond acceptors (Lipinski definition) is 6. The van der Waals surface area contributed by atoms with Gasteiger partial charge in [0.15, 0.2) is 5.13 Å². The fourth-order valence-corrected chi connectivity index (χ4v) is 6.46. The predicted molar refractivity (Wildman–Crippen MR) is 108 cm³/mol. The van der Waals surface area contributed by atoms with Gasteiger partial charge in [-0.2, -0.15) is 0 Å². The molecule has 2 atom stereocenters. The molecule has 2 aromatic rings. The average Bonchev–Trinajstić information content (AvgIpc) is 3.13. The highest BCUT2D eigenvalue weighted by atomic mass is 32.1. The Kier molecular flexibility index (Phi) is 4.59. The Bertz CT molecular complexity index is 839. The molecule has 1 amide bonds. The lowest BCUT2D eigenvalue weighted by Gasteiger charge is -2.58. The first-order valence-electron chi connectivity index (χ1n) is 10.2. The highest BCUT2D eigenvalue weighted by Crippen LogP contribution is 2.55. The van der Waals surface area contributed by atoms with Gasteiger partial charge in [-0.3, -0.25) is 9.78 Å². The van der Waals surface area contributed by atoms with Crippen molar-refractivity contribution in [3.8, 4) is 0 Å². The van der Waals surface area contributed by atoms with Gasteiger partial charge in [0.1, 0.15) is 5.69 Å². The van der Waals surface area contributed by atoms with Crippen molar-refractivity contribution in [3.63, 3.8) is 0 Å². The van der Waals surface area contributed by atoms with Crippen LogP contribution in [0.25, 0.3) is 0 Å². The Labute approximate surface area is 168 Å². The average molecular weight is 399 g/mol. The van der Waals surface area contributed by atoms with Crippen molar-refractivity contribution in [3.05, 3.63) is 41.2 Å². The molecule has 0 aliphatic heterocycles. The van der Waals surface area contributed by atoms with Gasteiger partial charge < -0.3 is 15.7 Å². The fraction of sp³-hybridized carbons (Fsp3) is 0.571. The molecule has 7 heteroatoms. The van der Waals surface area contributed by atoms with Crippen LogP contribution in [0.15, 0.2) is 29.8 Å². The third-order valence-electron chi connectivity index (χ3n) is 6.66. The number of hydrogen-bond donors (Lipinski definition) is 3. The van der Waals surface area contributed by atoms with E-state index in [2.05, 4.69) is 20.6 Å². The SMILES string of the molecule is O=C(NC1C2CC3CC1CC(O)(C3)C2)c1csc(NCCc2ccccn2)n1. The Hall–Kier alpha value is -1.99. The molecule has 2 heterocycles. The number of amides is 1. The fourth-order valence-electron chi connectivity index (χ4n) is 5.75. The summed E-state index contributed by atoms with van der Waals surface area (Å²) >= 11 is 1.46. The van der Waals surface area contributed by atoms with E-state index in [-0.39, 0.29) is 11.9 Å². The Morgan fingerprint density at radius 3 is 2.79 bits per heavy atom. The van der Waals surface area contributed by atoms with Crippen molar-refractivity contribution in [2.24, 2.45) is 17.8 Å². The maximum Gasteiger partial charge on any atom is 0.271 e. The number of nitrogens with one attached hydrogen (secondary N) is 2. The smallest absolute Gasteiger partial charge is 0.271 e. The minimum atomic E-state index is -0.469. The maximum atomic E-state index is 12.8. The van der Waals surface area contributed by atoms with Crippen molar-refractivity contribution in [1.29, 1.82) is 0 Å². The lowest BCUT2D eigenvalue weighted by atomic mass is 9.52. The van der Waals surface area contributed by atoms with Crippen LogP contribution in [0.1, 0.15) is 48.3 Å². The van der Waals surface area contributed by atoms with E-state index in [1.807, 2.05) is 23.6 Å². The topological polar surface area (TPSA) is 87.1 Å². The summed E-state index contributed by atoms with van der Waals surface area (Å²) in [6.07, 6.45) is 7.52. The zero-order valence-electron chi connectivity index (χ0n) is 15.8. The maximum absolute atomic E-state index is 12.8. The van der Waals surface area contributed by atoms with E-state index in [0.29, 0.717) is 23.4 Å². The molecule has 4 bridgehead atoms. The molecule has 28 heavy (non-hydrogen) atoms. The summed E-state index contributed by atoms with van der Waals surface area (Å²) in [7, 11) is 0. The van der Waals surface area contributed by atoms with Crippen LogP contribution < -0.4 is 10.6 Å². The molecule has 3 N–H and O–H groups in total. The van der Waals surface area contributed by atoms with Crippen LogP contribution in [-0.4, -0.2) is 39.2 Å². The van der Waals surface area contributed by atoms with Crippen LogP contribution in [-0.2, 0) is 6.42 Å². The third kappa shape index (κ3) is 3.53. The zero-order chi connectivity index (χ0) is 19.1. The summed E-state index contributed by atoms with van der Waals surface area (Å²) in [6, 6.07) is 6.08. The minimum Gasteiger partial charge on any atom is -0.390 e. The molecule has 0 spiro atoms. The second-order valence-electron chi connectivity index (χ2n) is 8.73. The lowest BCUT2D eigenvalue weighted by Crippen LogP contribution is -2.61. The van der Waals surface area contributed by atoms with E-state index in [0.717, 1.165) is 55.9 Å². The minimum absolute atomic E-state index is 0.0847. The number of thiazole rings is 1. The zero-order valence-corrected chi connectivity index (χ0v) is 16.6. The Morgan fingerprint density at radius 1 is 1.25 bits per heavy atom.